The predicted octanol–water partition coefficient (Wildman–Crippen LogP) is 3.86. The molecular formula is C19H23N3O2. The summed E-state index contributed by atoms with van der Waals surface area (Å²) in [6.07, 6.45) is 4.85. The lowest BCUT2D eigenvalue weighted by molar-refractivity contribution is 0.183. The van der Waals surface area contributed by atoms with Crippen LogP contribution in [0.1, 0.15) is 31.9 Å². The minimum Gasteiger partial charge on any atom is -0.497 e. The summed E-state index contributed by atoms with van der Waals surface area (Å²) in [6.45, 7) is 3.75. The summed E-state index contributed by atoms with van der Waals surface area (Å²) < 4.78 is 10.8. The highest BCUT2D eigenvalue weighted by atomic mass is 16.5. The van der Waals surface area contributed by atoms with Gasteiger partial charge in [0.15, 0.2) is 0 Å². The van der Waals surface area contributed by atoms with Crippen LogP contribution >= 0.6 is 0 Å². The van der Waals surface area contributed by atoms with Crippen molar-refractivity contribution >= 4 is 0 Å². The van der Waals surface area contributed by atoms with E-state index in [9.17, 15) is 0 Å². The smallest absolute Gasteiger partial charge is 0.226 e. The van der Waals surface area contributed by atoms with Gasteiger partial charge in [0.1, 0.15) is 12.0 Å². The minimum absolute atomic E-state index is 0.486. The van der Waals surface area contributed by atoms with Gasteiger partial charge in [0.25, 0.3) is 0 Å². The van der Waals surface area contributed by atoms with Crippen molar-refractivity contribution in [2.24, 2.45) is 5.92 Å². The molecule has 0 bridgehead atoms. The molecule has 0 spiro atoms. The van der Waals surface area contributed by atoms with E-state index in [4.69, 9.17) is 14.4 Å². The van der Waals surface area contributed by atoms with Crippen molar-refractivity contribution in [2.75, 3.05) is 13.7 Å². The summed E-state index contributed by atoms with van der Waals surface area (Å²) in [5.41, 5.74) is 1.84. The molecule has 1 aliphatic rings. The molecular weight excluding hydrogens is 302 g/mol. The van der Waals surface area contributed by atoms with Crippen LogP contribution in [0.3, 0.4) is 0 Å². The Balaban J connectivity index is 1.69. The first-order chi connectivity index (χ1) is 11.7. The molecule has 1 atom stereocenters. The van der Waals surface area contributed by atoms with Gasteiger partial charge in [-0.2, -0.15) is 5.26 Å². The molecule has 1 aromatic carbocycles. The molecule has 0 aliphatic heterocycles. The van der Waals surface area contributed by atoms with Crippen LogP contribution in [-0.4, -0.2) is 29.6 Å². The van der Waals surface area contributed by atoms with Crippen LogP contribution < -0.4 is 4.74 Å². The highest BCUT2D eigenvalue weighted by molar-refractivity contribution is 5.54. The lowest BCUT2D eigenvalue weighted by atomic mass is 10.1. The predicted molar refractivity (Wildman–Crippen MR) is 91.3 cm³/mol. The molecule has 0 radical (unpaired) electrons. The van der Waals surface area contributed by atoms with Crippen LogP contribution in [-0.2, 0) is 6.54 Å². The summed E-state index contributed by atoms with van der Waals surface area (Å²) in [4.78, 5) is 6.96. The van der Waals surface area contributed by atoms with Crippen LogP contribution in [0.5, 0.6) is 5.75 Å². The Morgan fingerprint density at radius 3 is 2.75 bits per heavy atom. The van der Waals surface area contributed by atoms with Crippen LogP contribution in [0, 0.1) is 17.2 Å². The van der Waals surface area contributed by atoms with E-state index in [1.54, 1.807) is 13.4 Å². The summed E-state index contributed by atoms with van der Waals surface area (Å²) >= 11 is 0. The monoisotopic (exact) mass is 325 g/mol. The van der Waals surface area contributed by atoms with Gasteiger partial charge in [-0.15, -0.1) is 0 Å². The summed E-state index contributed by atoms with van der Waals surface area (Å²) in [5, 5.41) is 8.89. The second-order valence-corrected chi connectivity index (χ2v) is 6.33. The molecule has 1 aromatic heterocycles. The zero-order valence-electron chi connectivity index (χ0n) is 14.2. The topological polar surface area (TPSA) is 62.3 Å². The lowest BCUT2D eigenvalue weighted by Gasteiger charge is -2.27. The zero-order valence-corrected chi connectivity index (χ0v) is 14.2. The van der Waals surface area contributed by atoms with E-state index in [0.717, 1.165) is 36.0 Å². The van der Waals surface area contributed by atoms with E-state index < -0.39 is 0 Å². The van der Waals surface area contributed by atoms with Crippen LogP contribution in [0.15, 0.2) is 34.9 Å². The van der Waals surface area contributed by atoms with Gasteiger partial charge in [-0.25, -0.2) is 4.98 Å². The lowest BCUT2D eigenvalue weighted by Crippen LogP contribution is -2.35. The number of nitrogens with zero attached hydrogens (tertiary/aromatic N) is 3. The molecule has 1 fully saturated rings. The number of rotatable bonds is 8. The van der Waals surface area contributed by atoms with E-state index in [1.807, 2.05) is 24.3 Å². The maximum atomic E-state index is 8.89. The third-order valence-electron chi connectivity index (χ3n) is 4.64. The zero-order chi connectivity index (χ0) is 16.9. The highest BCUT2D eigenvalue weighted by Crippen LogP contribution is 2.35. The number of nitriles is 1. The third-order valence-corrected chi connectivity index (χ3v) is 4.64. The van der Waals surface area contributed by atoms with Crippen molar-refractivity contribution in [3.05, 3.63) is 36.2 Å². The van der Waals surface area contributed by atoms with Crippen molar-refractivity contribution in [1.29, 1.82) is 5.26 Å². The van der Waals surface area contributed by atoms with Crippen LogP contribution in [0.25, 0.3) is 11.5 Å². The molecule has 1 unspecified atom stereocenters. The molecule has 2 aromatic rings. The second-order valence-electron chi connectivity index (χ2n) is 6.33. The molecule has 1 aliphatic carbocycles. The number of aromatic nitrogens is 1. The van der Waals surface area contributed by atoms with Gasteiger partial charge in [-0.05, 0) is 49.9 Å². The maximum Gasteiger partial charge on any atom is 0.226 e. The standard InChI is InChI=1S/C19H23N3O2/c1-14(15-4-5-15)22(11-3-10-20)12-17-13-24-19(21-17)16-6-8-18(23-2)9-7-16/h6-9,13-15H,3-5,11-12H2,1-2H3. The SMILES string of the molecule is COc1ccc(-c2nc(CN(CCC#N)C(C)C3CC3)co2)cc1. The first kappa shape index (κ1) is 16.5. The molecule has 1 heterocycles. The fourth-order valence-corrected chi connectivity index (χ4v) is 2.95. The fourth-order valence-electron chi connectivity index (χ4n) is 2.95. The Morgan fingerprint density at radius 1 is 1.38 bits per heavy atom. The quantitative estimate of drug-likeness (QED) is 0.737. The molecule has 0 saturated heterocycles. The molecule has 3 rings (SSSR count). The first-order valence-corrected chi connectivity index (χ1v) is 8.41. The van der Waals surface area contributed by atoms with Gasteiger partial charge in [-0.3, -0.25) is 4.90 Å². The normalized spacial score (nSPS) is 15.2. The Kier molecular flexibility index (Phi) is 5.17. The highest BCUT2D eigenvalue weighted by Gasteiger charge is 2.32. The Morgan fingerprint density at radius 2 is 2.12 bits per heavy atom. The van der Waals surface area contributed by atoms with Crippen LogP contribution in [0.2, 0.25) is 0 Å². The van der Waals surface area contributed by atoms with Gasteiger partial charge >= 0.3 is 0 Å². The molecule has 1 saturated carbocycles. The average molecular weight is 325 g/mol. The largest absolute Gasteiger partial charge is 0.497 e. The van der Waals surface area contributed by atoms with Crippen molar-refractivity contribution in [3.8, 4) is 23.3 Å². The number of methoxy groups -OCH3 is 1. The van der Waals surface area contributed by atoms with Crippen molar-refractivity contribution < 1.29 is 9.15 Å². The second kappa shape index (κ2) is 7.50. The Bertz CT molecular complexity index is 698. The fraction of sp³-hybridized carbons (Fsp3) is 0.474. The molecule has 5 heteroatoms. The van der Waals surface area contributed by atoms with Crippen molar-refractivity contribution in [2.45, 2.75) is 38.8 Å². The number of ether oxygens (including phenoxy) is 1. The van der Waals surface area contributed by atoms with Crippen molar-refractivity contribution in [3.63, 3.8) is 0 Å². The van der Waals surface area contributed by atoms with Gasteiger partial charge in [0, 0.05) is 31.1 Å². The van der Waals surface area contributed by atoms with Gasteiger partial charge in [-0.1, -0.05) is 0 Å². The van der Waals surface area contributed by atoms with Crippen LogP contribution in [0.4, 0.5) is 0 Å². The molecule has 5 nitrogen and oxygen atoms in total. The van der Waals surface area contributed by atoms with E-state index in [0.29, 0.717) is 18.4 Å². The van der Waals surface area contributed by atoms with Gasteiger partial charge < -0.3 is 9.15 Å². The third kappa shape index (κ3) is 3.95. The average Bonchev–Trinajstić information content (AvgIpc) is 3.37. The summed E-state index contributed by atoms with van der Waals surface area (Å²) in [7, 11) is 1.65. The summed E-state index contributed by atoms with van der Waals surface area (Å²) in [6, 6.07) is 10.4. The van der Waals surface area contributed by atoms with E-state index in [1.165, 1.54) is 12.8 Å². The Labute approximate surface area is 142 Å². The Hall–Kier alpha value is -2.32. The minimum atomic E-state index is 0.486. The number of hydrogen-bond donors (Lipinski definition) is 0. The molecule has 0 amide bonds. The maximum absolute atomic E-state index is 8.89. The van der Waals surface area contributed by atoms with E-state index in [2.05, 4.69) is 22.9 Å². The molecule has 24 heavy (non-hydrogen) atoms. The molecule has 126 valence electrons. The first-order valence-electron chi connectivity index (χ1n) is 8.41. The number of hydrogen-bond acceptors (Lipinski definition) is 5. The van der Waals surface area contributed by atoms with Gasteiger partial charge in [0.05, 0.1) is 18.9 Å². The van der Waals surface area contributed by atoms with E-state index >= 15 is 0 Å². The number of benzene rings is 1. The molecule has 0 N–H and O–H groups in total. The summed E-state index contributed by atoms with van der Waals surface area (Å²) in [5.74, 6) is 2.19. The van der Waals surface area contributed by atoms with E-state index in [-0.39, 0.29) is 0 Å². The number of oxazole rings is 1. The van der Waals surface area contributed by atoms with Gasteiger partial charge in [0.2, 0.25) is 5.89 Å². The van der Waals surface area contributed by atoms with Crippen molar-refractivity contribution in [1.82, 2.24) is 9.88 Å².